The second-order valence-electron chi connectivity index (χ2n) is 8.81. The Morgan fingerprint density at radius 2 is 1.61 bits per heavy atom. The maximum Gasteiger partial charge on any atom is 0.244 e. The van der Waals surface area contributed by atoms with Gasteiger partial charge in [-0.1, -0.05) is 28.1 Å². The minimum atomic E-state index is -3.79. The first-order valence-electron chi connectivity index (χ1n) is 10.3. The van der Waals surface area contributed by atoms with Crippen molar-refractivity contribution in [1.29, 1.82) is 0 Å². The highest BCUT2D eigenvalue weighted by Crippen LogP contribution is 2.22. The zero-order chi connectivity index (χ0) is 25.0. The van der Waals surface area contributed by atoms with Crippen LogP contribution in [-0.2, 0) is 26.2 Å². The summed E-state index contributed by atoms with van der Waals surface area (Å²) in [7, 11) is -3.79. The third kappa shape index (κ3) is 8.12. The van der Waals surface area contributed by atoms with Crippen LogP contribution in [0.1, 0.15) is 33.3 Å². The van der Waals surface area contributed by atoms with Gasteiger partial charge in [0.05, 0.1) is 11.9 Å². The molecule has 1 atom stereocenters. The SMILES string of the molecule is CC(C(=O)NC(C)(C)C)N(Cc1ccc(F)cc1)C(=O)CN(c1ccc(Br)cc1)S(C)(=O)=O. The molecule has 180 valence electrons. The number of benzene rings is 2. The van der Waals surface area contributed by atoms with Crippen molar-refractivity contribution in [2.45, 2.75) is 45.8 Å². The number of hydrogen-bond acceptors (Lipinski definition) is 4. The van der Waals surface area contributed by atoms with Gasteiger partial charge in [0.25, 0.3) is 0 Å². The normalized spacial score (nSPS) is 12.7. The Hall–Kier alpha value is -2.46. The fourth-order valence-electron chi connectivity index (χ4n) is 3.06. The first kappa shape index (κ1) is 26.8. The predicted octanol–water partition coefficient (Wildman–Crippen LogP) is 3.69. The van der Waals surface area contributed by atoms with Gasteiger partial charge < -0.3 is 10.2 Å². The Morgan fingerprint density at radius 1 is 1.06 bits per heavy atom. The molecule has 0 aliphatic carbocycles. The number of carbonyl (C=O) groups is 2. The number of hydrogen-bond donors (Lipinski definition) is 1. The summed E-state index contributed by atoms with van der Waals surface area (Å²) < 4.78 is 40.1. The molecule has 0 fully saturated rings. The van der Waals surface area contributed by atoms with Gasteiger partial charge in [0.2, 0.25) is 21.8 Å². The number of nitrogens with one attached hydrogen (secondary N) is 1. The summed E-state index contributed by atoms with van der Waals surface area (Å²) in [5.74, 6) is -1.37. The molecule has 0 saturated heterocycles. The monoisotopic (exact) mass is 541 g/mol. The van der Waals surface area contributed by atoms with Gasteiger partial charge in [0.1, 0.15) is 18.4 Å². The van der Waals surface area contributed by atoms with Gasteiger partial charge in [-0.3, -0.25) is 13.9 Å². The zero-order valence-corrected chi connectivity index (χ0v) is 21.7. The molecule has 0 radical (unpaired) electrons. The lowest BCUT2D eigenvalue weighted by molar-refractivity contribution is -0.140. The van der Waals surface area contributed by atoms with Crippen LogP contribution in [0.4, 0.5) is 10.1 Å². The van der Waals surface area contributed by atoms with Crippen molar-refractivity contribution < 1.29 is 22.4 Å². The average molecular weight is 542 g/mol. The molecule has 7 nitrogen and oxygen atoms in total. The van der Waals surface area contributed by atoms with E-state index in [1.54, 1.807) is 31.2 Å². The zero-order valence-electron chi connectivity index (χ0n) is 19.3. The summed E-state index contributed by atoms with van der Waals surface area (Å²) in [4.78, 5) is 27.5. The number of rotatable bonds is 8. The molecule has 1 unspecified atom stereocenters. The van der Waals surface area contributed by atoms with E-state index in [-0.39, 0.29) is 12.5 Å². The van der Waals surface area contributed by atoms with E-state index < -0.39 is 39.9 Å². The Kier molecular flexibility index (Phi) is 8.64. The van der Waals surface area contributed by atoms with E-state index in [4.69, 9.17) is 0 Å². The fourth-order valence-corrected chi connectivity index (χ4v) is 4.18. The first-order chi connectivity index (χ1) is 15.2. The summed E-state index contributed by atoms with van der Waals surface area (Å²) in [5, 5.41) is 2.84. The Labute approximate surface area is 203 Å². The summed E-state index contributed by atoms with van der Waals surface area (Å²) in [6, 6.07) is 11.2. The second-order valence-corrected chi connectivity index (χ2v) is 11.6. The molecule has 2 amide bonds. The van der Waals surface area contributed by atoms with Crippen LogP contribution >= 0.6 is 15.9 Å². The number of carbonyl (C=O) groups excluding carboxylic acids is 2. The lowest BCUT2D eigenvalue weighted by atomic mass is 10.1. The Balaban J connectivity index is 2.38. The van der Waals surface area contributed by atoms with Crippen LogP contribution in [0, 0.1) is 5.82 Å². The van der Waals surface area contributed by atoms with Crippen LogP contribution in [0.25, 0.3) is 0 Å². The lowest BCUT2D eigenvalue weighted by Crippen LogP contribution is -2.54. The van der Waals surface area contributed by atoms with Crippen LogP contribution in [-0.4, -0.2) is 49.5 Å². The number of halogens is 2. The van der Waals surface area contributed by atoms with Crippen molar-refractivity contribution in [2.75, 3.05) is 17.1 Å². The summed E-state index contributed by atoms with van der Waals surface area (Å²) >= 11 is 3.31. The summed E-state index contributed by atoms with van der Waals surface area (Å²) in [5.41, 5.74) is 0.406. The molecular formula is C23H29BrFN3O4S. The van der Waals surface area contributed by atoms with Crippen LogP contribution in [0.3, 0.4) is 0 Å². The van der Waals surface area contributed by atoms with Gasteiger partial charge in [-0.05, 0) is 69.7 Å². The van der Waals surface area contributed by atoms with Crippen LogP contribution in [0.15, 0.2) is 53.0 Å². The van der Waals surface area contributed by atoms with E-state index in [2.05, 4.69) is 21.2 Å². The maximum absolute atomic E-state index is 13.4. The third-order valence-corrected chi connectivity index (χ3v) is 6.39. The molecule has 2 aromatic carbocycles. The number of sulfonamides is 1. The molecular weight excluding hydrogens is 513 g/mol. The number of amides is 2. The van der Waals surface area contributed by atoms with Crippen LogP contribution < -0.4 is 9.62 Å². The molecule has 33 heavy (non-hydrogen) atoms. The summed E-state index contributed by atoms with van der Waals surface area (Å²) in [6.45, 7) is 6.56. The molecule has 0 heterocycles. The van der Waals surface area contributed by atoms with Crippen molar-refractivity contribution in [3.63, 3.8) is 0 Å². The van der Waals surface area contributed by atoms with Crippen molar-refractivity contribution in [3.8, 4) is 0 Å². The average Bonchev–Trinajstić information content (AvgIpc) is 2.69. The number of nitrogens with zero attached hydrogens (tertiary/aromatic N) is 2. The summed E-state index contributed by atoms with van der Waals surface area (Å²) in [6.07, 6.45) is 1.02. The Bertz CT molecular complexity index is 1080. The van der Waals surface area contributed by atoms with E-state index in [0.717, 1.165) is 15.0 Å². The van der Waals surface area contributed by atoms with Crippen LogP contribution in [0.2, 0.25) is 0 Å². The minimum absolute atomic E-state index is 0.00970. The van der Waals surface area contributed by atoms with E-state index in [1.807, 2.05) is 20.8 Å². The van der Waals surface area contributed by atoms with E-state index in [9.17, 15) is 22.4 Å². The molecule has 0 aliphatic heterocycles. The van der Waals surface area contributed by atoms with Gasteiger partial charge >= 0.3 is 0 Å². The van der Waals surface area contributed by atoms with Crippen molar-refractivity contribution >= 4 is 43.5 Å². The predicted molar refractivity (Wildman–Crippen MR) is 131 cm³/mol. The second kappa shape index (κ2) is 10.6. The molecule has 2 aromatic rings. The minimum Gasteiger partial charge on any atom is -0.350 e. The highest BCUT2D eigenvalue weighted by Gasteiger charge is 2.31. The molecule has 0 spiro atoms. The standard InChI is InChI=1S/C23H29BrFN3O4S/c1-16(22(30)26-23(2,3)4)27(14-17-6-10-19(25)11-7-17)21(29)15-28(33(5,31)32)20-12-8-18(24)9-13-20/h6-13,16H,14-15H2,1-5H3,(H,26,30). The quantitative estimate of drug-likeness (QED) is 0.552. The van der Waals surface area contributed by atoms with Crippen molar-refractivity contribution in [3.05, 3.63) is 64.4 Å². The molecule has 0 saturated carbocycles. The van der Waals surface area contributed by atoms with Crippen LogP contribution in [0.5, 0.6) is 0 Å². The number of anilines is 1. The maximum atomic E-state index is 13.4. The van der Waals surface area contributed by atoms with E-state index >= 15 is 0 Å². The van der Waals surface area contributed by atoms with Gasteiger partial charge in [-0.15, -0.1) is 0 Å². The van der Waals surface area contributed by atoms with Gasteiger partial charge in [-0.2, -0.15) is 0 Å². The van der Waals surface area contributed by atoms with E-state index in [1.165, 1.54) is 29.2 Å². The smallest absolute Gasteiger partial charge is 0.244 e. The highest BCUT2D eigenvalue weighted by atomic mass is 79.9. The van der Waals surface area contributed by atoms with Gasteiger partial charge in [0, 0.05) is 16.6 Å². The molecule has 10 heteroatoms. The highest BCUT2D eigenvalue weighted by molar-refractivity contribution is 9.10. The molecule has 2 rings (SSSR count). The first-order valence-corrected chi connectivity index (χ1v) is 12.9. The molecule has 1 N–H and O–H groups in total. The topological polar surface area (TPSA) is 86.8 Å². The Morgan fingerprint density at radius 3 is 2.09 bits per heavy atom. The fraction of sp³-hybridized carbons (Fsp3) is 0.391. The van der Waals surface area contributed by atoms with Gasteiger partial charge in [-0.25, -0.2) is 12.8 Å². The lowest BCUT2D eigenvalue weighted by Gasteiger charge is -2.33. The van der Waals surface area contributed by atoms with Crippen molar-refractivity contribution in [2.24, 2.45) is 0 Å². The molecule has 0 bridgehead atoms. The third-order valence-electron chi connectivity index (χ3n) is 4.73. The molecule has 0 aliphatic rings. The van der Waals surface area contributed by atoms with Gasteiger partial charge in [0.15, 0.2) is 0 Å². The molecule has 0 aromatic heterocycles. The van der Waals surface area contributed by atoms with E-state index in [0.29, 0.717) is 11.3 Å². The van der Waals surface area contributed by atoms with Crippen molar-refractivity contribution in [1.82, 2.24) is 10.2 Å². The largest absolute Gasteiger partial charge is 0.350 e.